The van der Waals surface area contributed by atoms with Crippen LogP contribution < -0.4 is 4.74 Å². The molecule has 3 aromatic rings. The van der Waals surface area contributed by atoms with Crippen molar-refractivity contribution >= 4 is 0 Å². The molecule has 4 heteroatoms. The van der Waals surface area contributed by atoms with E-state index >= 15 is 0 Å². The molecule has 1 heterocycles. The van der Waals surface area contributed by atoms with Crippen molar-refractivity contribution in [3.05, 3.63) is 65.5 Å². The topological polar surface area (TPSA) is 48.2 Å². The van der Waals surface area contributed by atoms with Crippen LogP contribution in [0.5, 0.6) is 5.75 Å². The number of ether oxygens (including phenoxy) is 1. The van der Waals surface area contributed by atoms with Crippen molar-refractivity contribution in [1.29, 1.82) is 0 Å². The summed E-state index contributed by atoms with van der Waals surface area (Å²) in [6.07, 6.45) is 0.558. The third kappa shape index (κ3) is 2.94. The molecule has 0 amide bonds. The second-order valence-electron chi connectivity index (χ2n) is 4.87. The van der Waals surface area contributed by atoms with E-state index in [1.807, 2.05) is 55.5 Å². The first-order valence-electron chi connectivity index (χ1n) is 6.78. The van der Waals surface area contributed by atoms with Crippen LogP contribution in [-0.2, 0) is 6.42 Å². The maximum Gasteiger partial charge on any atom is 0.231 e. The summed E-state index contributed by atoms with van der Waals surface area (Å²) in [4.78, 5) is 4.46. The minimum Gasteiger partial charge on any atom is -0.496 e. The lowest BCUT2D eigenvalue weighted by molar-refractivity contribution is 0.379. The highest BCUT2D eigenvalue weighted by molar-refractivity contribution is 5.55. The molecule has 0 aliphatic heterocycles. The number of hydrogen-bond donors (Lipinski definition) is 0. The molecule has 0 aliphatic carbocycles. The zero-order valence-electron chi connectivity index (χ0n) is 12.0. The first kappa shape index (κ1) is 13.4. The molecule has 0 saturated carbocycles. The van der Waals surface area contributed by atoms with Gasteiger partial charge in [0, 0.05) is 11.1 Å². The molecule has 0 unspecified atom stereocenters. The Balaban J connectivity index is 1.85. The molecule has 0 aliphatic rings. The molecule has 0 radical (unpaired) electrons. The van der Waals surface area contributed by atoms with Gasteiger partial charge < -0.3 is 9.26 Å². The molecule has 0 bridgehead atoms. The zero-order chi connectivity index (χ0) is 14.7. The number of aryl methyl sites for hydroxylation is 1. The molecule has 0 saturated heterocycles. The Morgan fingerprint density at radius 2 is 1.95 bits per heavy atom. The molecule has 4 nitrogen and oxygen atoms in total. The highest BCUT2D eigenvalue weighted by atomic mass is 16.5. The van der Waals surface area contributed by atoms with Gasteiger partial charge in [-0.3, -0.25) is 0 Å². The zero-order valence-corrected chi connectivity index (χ0v) is 12.0. The average Bonchev–Trinajstić information content (AvgIpc) is 2.96. The maximum atomic E-state index is 5.35. The molecule has 106 valence electrons. The molecule has 0 fully saturated rings. The molecule has 2 aromatic carbocycles. The predicted octanol–water partition coefficient (Wildman–Crippen LogP) is 3.64. The summed E-state index contributed by atoms with van der Waals surface area (Å²) in [7, 11) is 1.66. The molecule has 3 rings (SSSR count). The summed E-state index contributed by atoms with van der Waals surface area (Å²) in [6.45, 7) is 2.04. The third-order valence-corrected chi connectivity index (χ3v) is 3.28. The smallest absolute Gasteiger partial charge is 0.231 e. The fraction of sp³-hybridized carbons (Fsp3) is 0.176. The molecule has 0 spiro atoms. The van der Waals surface area contributed by atoms with Crippen molar-refractivity contribution < 1.29 is 9.26 Å². The van der Waals surface area contributed by atoms with Gasteiger partial charge in [-0.05, 0) is 19.1 Å². The Morgan fingerprint density at radius 3 is 2.76 bits per heavy atom. The highest BCUT2D eigenvalue weighted by Crippen LogP contribution is 2.22. The molecule has 21 heavy (non-hydrogen) atoms. The molecule has 0 atom stereocenters. The van der Waals surface area contributed by atoms with Gasteiger partial charge >= 0.3 is 0 Å². The summed E-state index contributed by atoms with van der Waals surface area (Å²) in [5.41, 5.74) is 3.16. The number of hydrogen-bond acceptors (Lipinski definition) is 4. The Hall–Kier alpha value is -2.62. The van der Waals surface area contributed by atoms with E-state index in [1.165, 1.54) is 5.56 Å². The van der Waals surface area contributed by atoms with E-state index in [-0.39, 0.29) is 0 Å². The number of para-hydroxylation sites is 1. The third-order valence-electron chi connectivity index (χ3n) is 3.28. The van der Waals surface area contributed by atoms with Crippen molar-refractivity contribution in [3.8, 4) is 17.1 Å². The summed E-state index contributed by atoms with van der Waals surface area (Å²) < 4.78 is 10.7. The Bertz CT molecular complexity index is 750. The fourth-order valence-corrected chi connectivity index (χ4v) is 2.24. The van der Waals surface area contributed by atoms with E-state index in [2.05, 4.69) is 10.1 Å². The van der Waals surface area contributed by atoms with Crippen LogP contribution in [0.3, 0.4) is 0 Å². The lowest BCUT2D eigenvalue weighted by atomic mass is 10.1. The average molecular weight is 280 g/mol. The van der Waals surface area contributed by atoms with Crippen LogP contribution in [0.4, 0.5) is 0 Å². The normalized spacial score (nSPS) is 10.6. The Morgan fingerprint density at radius 1 is 1.10 bits per heavy atom. The maximum absolute atomic E-state index is 5.35. The summed E-state index contributed by atoms with van der Waals surface area (Å²) in [5, 5.41) is 4.05. The van der Waals surface area contributed by atoms with Crippen LogP contribution in [0.25, 0.3) is 11.4 Å². The van der Waals surface area contributed by atoms with Gasteiger partial charge in [0.05, 0.1) is 13.5 Å². The van der Waals surface area contributed by atoms with Crippen molar-refractivity contribution in [3.63, 3.8) is 0 Å². The van der Waals surface area contributed by atoms with E-state index in [1.54, 1.807) is 7.11 Å². The number of nitrogens with zero attached hydrogens (tertiary/aromatic N) is 2. The summed E-state index contributed by atoms with van der Waals surface area (Å²) in [6, 6.07) is 15.9. The largest absolute Gasteiger partial charge is 0.496 e. The van der Waals surface area contributed by atoms with Gasteiger partial charge in [0.2, 0.25) is 11.7 Å². The molecular weight excluding hydrogens is 264 g/mol. The number of methoxy groups -OCH3 is 1. The van der Waals surface area contributed by atoms with Crippen LogP contribution in [-0.4, -0.2) is 17.3 Å². The SMILES string of the molecule is COc1ccccc1Cc1nc(-c2cccc(C)c2)no1. The van der Waals surface area contributed by atoms with E-state index in [0.717, 1.165) is 16.9 Å². The first-order chi connectivity index (χ1) is 10.3. The van der Waals surface area contributed by atoms with E-state index in [4.69, 9.17) is 9.26 Å². The first-order valence-corrected chi connectivity index (χ1v) is 6.78. The van der Waals surface area contributed by atoms with E-state index in [9.17, 15) is 0 Å². The van der Waals surface area contributed by atoms with E-state index < -0.39 is 0 Å². The van der Waals surface area contributed by atoms with Crippen molar-refractivity contribution in [2.45, 2.75) is 13.3 Å². The van der Waals surface area contributed by atoms with Gasteiger partial charge in [0.25, 0.3) is 0 Å². The standard InChI is InChI=1S/C17H16N2O2/c1-12-6-5-8-14(10-12)17-18-16(21-19-17)11-13-7-3-4-9-15(13)20-2/h3-10H,11H2,1-2H3. The van der Waals surface area contributed by atoms with Gasteiger partial charge in [-0.2, -0.15) is 4.98 Å². The number of benzene rings is 2. The molecule has 1 aromatic heterocycles. The lowest BCUT2D eigenvalue weighted by Gasteiger charge is -2.04. The monoisotopic (exact) mass is 280 g/mol. The van der Waals surface area contributed by atoms with Gasteiger partial charge in [-0.15, -0.1) is 0 Å². The van der Waals surface area contributed by atoms with Crippen molar-refractivity contribution in [2.75, 3.05) is 7.11 Å². The minimum absolute atomic E-state index is 0.558. The lowest BCUT2D eigenvalue weighted by Crippen LogP contribution is -1.93. The van der Waals surface area contributed by atoms with Gasteiger partial charge in [-0.25, -0.2) is 0 Å². The quantitative estimate of drug-likeness (QED) is 0.732. The van der Waals surface area contributed by atoms with E-state index in [0.29, 0.717) is 18.1 Å². The molecular formula is C17H16N2O2. The Labute approximate surface area is 123 Å². The molecule has 0 N–H and O–H groups in total. The van der Waals surface area contributed by atoms with Crippen LogP contribution in [0.2, 0.25) is 0 Å². The number of rotatable bonds is 4. The Kier molecular flexibility index (Phi) is 3.69. The summed E-state index contributed by atoms with van der Waals surface area (Å²) in [5.74, 6) is 2.02. The van der Waals surface area contributed by atoms with Gasteiger partial charge in [-0.1, -0.05) is 47.1 Å². The van der Waals surface area contributed by atoms with Crippen LogP contribution in [0.1, 0.15) is 17.0 Å². The van der Waals surface area contributed by atoms with Crippen molar-refractivity contribution in [2.24, 2.45) is 0 Å². The number of aromatic nitrogens is 2. The van der Waals surface area contributed by atoms with Crippen molar-refractivity contribution in [1.82, 2.24) is 10.1 Å². The van der Waals surface area contributed by atoms with Gasteiger partial charge in [0.15, 0.2) is 0 Å². The predicted molar refractivity (Wildman–Crippen MR) is 80.3 cm³/mol. The second-order valence-corrected chi connectivity index (χ2v) is 4.87. The van der Waals surface area contributed by atoms with Gasteiger partial charge in [0.1, 0.15) is 5.75 Å². The minimum atomic E-state index is 0.558. The summed E-state index contributed by atoms with van der Waals surface area (Å²) >= 11 is 0. The van der Waals surface area contributed by atoms with Crippen LogP contribution in [0, 0.1) is 6.92 Å². The second kappa shape index (κ2) is 5.79. The fourth-order valence-electron chi connectivity index (χ4n) is 2.24. The van der Waals surface area contributed by atoms with Crippen LogP contribution >= 0.6 is 0 Å². The van der Waals surface area contributed by atoms with Crippen LogP contribution in [0.15, 0.2) is 53.1 Å². The highest BCUT2D eigenvalue weighted by Gasteiger charge is 2.11.